The van der Waals surface area contributed by atoms with Crippen LogP contribution in [-0.4, -0.2) is 80.6 Å². The van der Waals surface area contributed by atoms with Crippen molar-refractivity contribution in [3.63, 3.8) is 0 Å². The van der Waals surface area contributed by atoms with Crippen molar-refractivity contribution in [3.05, 3.63) is 138 Å². The molecule has 5 amide bonds. The highest BCUT2D eigenvalue weighted by Crippen LogP contribution is 2.17. The minimum atomic E-state index is -1.39. The highest BCUT2D eigenvalue weighted by molar-refractivity contribution is 6.02. The second-order valence-corrected chi connectivity index (χ2v) is 13.2. The van der Waals surface area contributed by atoms with Crippen molar-refractivity contribution >= 4 is 46.3 Å². The van der Waals surface area contributed by atoms with E-state index >= 15 is 0 Å². The summed E-state index contributed by atoms with van der Waals surface area (Å²) in [7, 11) is 0. The summed E-state index contributed by atoms with van der Waals surface area (Å²) >= 11 is 0. The number of carbonyl (C=O) groups excluding carboxylic acids is 5. The number of hydrogen-bond donors (Lipinski definition) is 6. The number of anilines is 1. The first kappa shape index (κ1) is 40.5. The van der Waals surface area contributed by atoms with E-state index in [9.17, 15) is 29.1 Å². The Bertz CT molecular complexity index is 2130. The van der Waals surface area contributed by atoms with Crippen LogP contribution in [0.5, 0.6) is 0 Å². The van der Waals surface area contributed by atoms with Gasteiger partial charge in [0.15, 0.2) is 0 Å². The van der Waals surface area contributed by atoms with Crippen molar-refractivity contribution < 1.29 is 33.8 Å². The fourth-order valence-corrected chi connectivity index (χ4v) is 5.73. The molecule has 56 heavy (non-hydrogen) atoms. The molecule has 0 spiro atoms. The van der Waals surface area contributed by atoms with Gasteiger partial charge in [-0.05, 0) is 62.2 Å². The van der Waals surface area contributed by atoms with Gasteiger partial charge in [-0.25, -0.2) is 14.8 Å². The van der Waals surface area contributed by atoms with Crippen molar-refractivity contribution in [3.8, 4) is 0 Å². The summed E-state index contributed by atoms with van der Waals surface area (Å²) in [6.45, 7) is 3.38. The van der Waals surface area contributed by atoms with E-state index in [1.54, 1.807) is 74.6 Å². The van der Waals surface area contributed by atoms with Gasteiger partial charge in [0.2, 0.25) is 11.8 Å². The Kier molecular flexibility index (Phi) is 14.1. The molecule has 0 radical (unpaired) electrons. The third-order valence-electron chi connectivity index (χ3n) is 8.69. The summed E-state index contributed by atoms with van der Waals surface area (Å²) in [5, 5.41) is 22.0. The van der Waals surface area contributed by atoms with Crippen LogP contribution in [0.25, 0.3) is 10.9 Å². The number of nitrogens with one attached hydrogen (secondary N) is 4. The second kappa shape index (κ2) is 19.6. The van der Waals surface area contributed by atoms with Crippen LogP contribution >= 0.6 is 0 Å². The Morgan fingerprint density at radius 1 is 0.821 bits per heavy atom. The zero-order valence-electron chi connectivity index (χ0n) is 30.9. The molecule has 290 valence electrons. The molecule has 7 N–H and O–H groups in total. The van der Waals surface area contributed by atoms with Gasteiger partial charge in [0.05, 0.1) is 41.0 Å². The molecule has 0 fully saturated rings. The molecule has 5 rings (SSSR count). The molecule has 0 saturated carbocycles. The summed E-state index contributed by atoms with van der Waals surface area (Å²) in [6, 6.07) is 28.4. The standard InChI is InChI=1S/C41H44N8O7/c1-26(2)49(48-38(52)30-16-7-9-18-32(30)47-41(55)56-25-29-15-10-11-21-43-29)24-36(50)34(22-27-12-4-3-5-13-27)45-40(54)35(23-37(42)51)46-39(53)33-20-19-28-14-6-8-17-31(28)44-33/h3-21,26,34-36,50H,22-25H2,1-2H3,(H2,42,51)(H,45,54)(H,46,53)(H,47,55)(H,48,52)/t34?,35-,36?/m0/s1. The number of nitrogens with zero attached hydrogens (tertiary/aromatic N) is 3. The fraction of sp³-hybridized carbons (Fsp3) is 0.244. The lowest BCUT2D eigenvalue weighted by atomic mass is 9.99. The Hall–Kier alpha value is -6.71. The van der Waals surface area contributed by atoms with Crippen molar-refractivity contribution in [2.75, 3.05) is 11.9 Å². The highest BCUT2D eigenvalue weighted by atomic mass is 16.5. The number of pyridine rings is 2. The maximum atomic E-state index is 13.8. The van der Waals surface area contributed by atoms with Crippen LogP contribution in [0.4, 0.5) is 10.5 Å². The minimum absolute atomic E-state index is 0.0355. The molecular weight excluding hydrogens is 716 g/mol. The van der Waals surface area contributed by atoms with Gasteiger partial charge in [0.1, 0.15) is 18.3 Å². The van der Waals surface area contributed by atoms with Crippen LogP contribution in [-0.2, 0) is 27.4 Å². The van der Waals surface area contributed by atoms with Crippen LogP contribution in [0.1, 0.15) is 52.4 Å². The van der Waals surface area contributed by atoms with E-state index in [4.69, 9.17) is 10.5 Å². The summed E-state index contributed by atoms with van der Waals surface area (Å²) in [5.41, 5.74) is 10.6. The van der Waals surface area contributed by atoms with Crippen molar-refractivity contribution in [2.45, 2.75) is 57.5 Å². The zero-order valence-corrected chi connectivity index (χ0v) is 30.9. The lowest BCUT2D eigenvalue weighted by molar-refractivity contribution is -0.128. The number of carbonyl (C=O) groups is 5. The summed E-state index contributed by atoms with van der Waals surface area (Å²) in [6.07, 6.45) is -0.852. The fourth-order valence-electron chi connectivity index (χ4n) is 5.73. The number of ether oxygens (including phenoxy) is 1. The molecule has 2 heterocycles. The molecule has 2 unspecified atom stereocenters. The van der Waals surface area contributed by atoms with Crippen molar-refractivity contribution in [1.82, 2.24) is 31.0 Å². The number of amides is 5. The third kappa shape index (κ3) is 11.6. The maximum Gasteiger partial charge on any atom is 0.412 e. The normalized spacial score (nSPS) is 12.7. The Balaban J connectivity index is 1.29. The molecular formula is C41H44N8O7. The van der Waals surface area contributed by atoms with Crippen LogP contribution < -0.4 is 27.1 Å². The first-order valence-electron chi connectivity index (χ1n) is 17.9. The first-order chi connectivity index (χ1) is 27.0. The summed E-state index contributed by atoms with van der Waals surface area (Å²) in [5.74, 6) is -2.86. The smallest absolute Gasteiger partial charge is 0.412 e. The second-order valence-electron chi connectivity index (χ2n) is 13.2. The maximum absolute atomic E-state index is 13.8. The van der Waals surface area contributed by atoms with E-state index < -0.39 is 54.3 Å². The van der Waals surface area contributed by atoms with Gasteiger partial charge >= 0.3 is 6.09 Å². The number of rotatable bonds is 17. The summed E-state index contributed by atoms with van der Waals surface area (Å²) in [4.78, 5) is 73.9. The van der Waals surface area contributed by atoms with Gasteiger partial charge in [0, 0.05) is 24.2 Å². The molecule has 0 aliphatic rings. The van der Waals surface area contributed by atoms with E-state index in [0.29, 0.717) is 11.2 Å². The highest BCUT2D eigenvalue weighted by Gasteiger charge is 2.31. The topological polar surface area (TPSA) is 218 Å². The van der Waals surface area contributed by atoms with E-state index in [-0.39, 0.29) is 42.6 Å². The lowest BCUT2D eigenvalue weighted by Gasteiger charge is -2.33. The molecule has 5 aromatic rings. The van der Waals surface area contributed by atoms with Crippen LogP contribution in [0.3, 0.4) is 0 Å². The molecule has 3 aromatic carbocycles. The zero-order chi connectivity index (χ0) is 40.0. The van der Waals surface area contributed by atoms with Gasteiger partial charge in [-0.1, -0.05) is 72.8 Å². The summed E-state index contributed by atoms with van der Waals surface area (Å²) < 4.78 is 5.27. The Morgan fingerprint density at radius 2 is 1.54 bits per heavy atom. The van der Waals surface area contributed by atoms with Crippen LogP contribution in [0.15, 0.2) is 115 Å². The molecule has 0 aliphatic heterocycles. The third-order valence-corrected chi connectivity index (χ3v) is 8.69. The Labute approximate surface area is 323 Å². The average molecular weight is 761 g/mol. The average Bonchev–Trinajstić information content (AvgIpc) is 3.19. The predicted octanol–water partition coefficient (Wildman–Crippen LogP) is 3.50. The van der Waals surface area contributed by atoms with E-state index in [1.807, 2.05) is 42.5 Å². The number of nitrogens with two attached hydrogens (primary N) is 1. The van der Waals surface area contributed by atoms with Gasteiger partial charge in [-0.2, -0.15) is 0 Å². The first-order valence-corrected chi connectivity index (χ1v) is 17.9. The number of aliphatic hydroxyl groups excluding tert-OH is 1. The van der Waals surface area contributed by atoms with E-state index in [2.05, 4.69) is 31.3 Å². The number of aliphatic hydroxyl groups is 1. The largest absolute Gasteiger partial charge is 0.443 e. The molecule has 3 atom stereocenters. The quantitative estimate of drug-likeness (QED) is 0.0758. The van der Waals surface area contributed by atoms with Crippen LogP contribution in [0, 0.1) is 0 Å². The van der Waals surface area contributed by atoms with Crippen LogP contribution in [0.2, 0.25) is 0 Å². The number of hydrazine groups is 1. The molecule has 0 saturated heterocycles. The molecule has 15 heteroatoms. The van der Waals surface area contributed by atoms with Crippen molar-refractivity contribution in [2.24, 2.45) is 5.73 Å². The monoisotopic (exact) mass is 760 g/mol. The number of aromatic nitrogens is 2. The molecule has 15 nitrogen and oxygen atoms in total. The van der Waals surface area contributed by atoms with Gasteiger partial charge in [-0.3, -0.25) is 34.9 Å². The van der Waals surface area contributed by atoms with Gasteiger partial charge in [-0.15, -0.1) is 0 Å². The lowest BCUT2D eigenvalue weighted by Crippen LogP contribution is -2.58. The molecule has 0 bridgehead atoms. The minimum Gasteiger partial charge on any atom is -0.443 e. The van der Waals surface area contributed by atoms with E-state index in [0.717, 1.165) is 10.9 Å². The van der Waals surface area contributed by atoms with E-state index in [1.165, 1.54) is 17.1 Å². The SMILES string of the molecule is CC(C)N(CC(O)C(Cc1ccccc1)NC(=O)[C@H](CC(N)=O)NC(=O)c1ccc2ccccc2n1)NC(=O)c1ccccc1NC(=O)OCc1ccccn1. The number of hydrogen-bond acceptors (Lipinski definition) is 10. The number of fused-ring (bicyclic) bond motifs is 1. The Morgan fingerprint density at radius 3 is 2.27 bits per heavy atom. The van der Waals surface area contributed by atoms with Gasteiger partial charge in [0.25, 0.3) is 11.8 Å². The predicted molar refractivity (Wildman–Crippen MR) is 209 cm³/mol. The van der Waals surface area contributed by atoms with Crippen molar-refractivity contribution in [1.29, 1.82) is 0 Å². The number of primary amides is 1. The number of para-hydroxylation sites is 2. The molecule has 0 aliphatic carbocycles. The molecule has 2 aromatic heterocycles. The van der Waals surface area contributed by atoms with Gasteiger partial charge < -0.3 is 26.2 Å². The number of benzene rings is 3.